The summed E-state index contributed by atoms with van der Waals surface area (Å²) in [6.45, 7) is 24.7. The van der Waals surface area contributed by atoms with Crippen LogP contribution in [0.3, 0.4) is 0 Å². The van der Waals surface area contributed by atoms with E-state index in [4.69, 9.17) is 0 Å². The first-order valence-electron chi connectivity index (χ1n) is 7.60. The molecular weight excluding hydrogens is 248 g/mol. The van der Waals surface area contributed by atoms with Crippen molar-refractivity contribution in [2.75, 3.05) is 39.3 Å². The molecule has 0 atom stereocenters. The lowest BCUT2D eigenvalue weighted by Gasteiger charge is -2.22. The Morgan fingerprint density at radius 2 is 0.900 bits per heavy atom. The molecule has 0 aromatic carbocycles. The van der Waals surface area contributed by atoms with Crippen molar-refractivity contribution < 1.29 is 0 Å². The van der Waals surface area contributed by atoms with E-state index in [1.54, 1.807) is 18.6 Å². The lowest BCUT2D eigenvalue weighted by Crippen LogP contribution is -2.38. The lowest BCUT2D eigenvalue weighted by molar-refractivity contribution is 0.282. The topological polar surface area (TPSA) is 39.3 Å². The van der Waals surface area contributed by atoms with Gasteiger partial charge in [0, 0.05) is 39.3 Å². The molecule has 0 radical (unpaired) electrons. The fourth-order valence-corrected chi connectivity index (χ4v) is 1.31. The van der Waals surface area contributed by atoms with Crippen molar-refractivity contribution in [1.29, 1.82) is 0 Å². The molecule has 0 aromatic rings. The van der Waals surface area contributed by atoms with Crippen LogP contribution in [0.15, 0.2) is 38.3 Å². The highest BCUT2D eigenvalue weighted by Crippen LogP contribution is 1.85. The van der Waals surface area contributed by atoms with E-state index in [-0.39, 0.29) is 0 Å². The standard InChI is InChI=1S/C12H24N4.2C2H6/c1-4-13-7-10-16(11-8-14-5-2)12-9-15-6-3;2*1-2/h4-6,13-15H,1-3,7-12H2;2*1-2H3. The Balaban J connectivity index is -0.000000656. The number of rotatable bonds is 12. The van der Waals surface area contributed by atoms with Gasteiger partial charge >= 0.3 is 0 Å². The molecule has 4 nitrogen and oxygen atoms in total. The summed E-state index contributed by atoms with van der Waals surface area (Å²) < 4.78 is 0. The quantitative estimate of drug-likeness (QED) is 0.482. The van der Waals surface area contributed by atoms with E-state index in [1.807, 2.05) is 27.7 Å². The van der Waals surface area contributed by atoms with Crippen LogP contribution in [-0.2, 0) is 0 Å². The molecule has 0 fully saturated rings. The SMILES string of the molecule is C=CNCCN(CCNC=C)CCNC=C.CC.CC. The second-order valence-corrected chi connectivity index (χ2v) is 3.32. The third kappa shape index (κ3) is 21.8. The molecule has 0 bridgehead atoms. The zero-order valence-corrected chi connectivity index (χ0v) is 14.0. The molecule has 0 aromatic heterocycles. The zero-order chi connectivity index (χ0) is 16.1. The maximum atomic E-state index is 3.63. The van der Waals surface area contributed by atoms with Crippen LogP contribution in [0.5, 0.6) is 0 Å². The second kappa shape index (κ2) is 26.2. The highest BCUT2D eigenvalue weighted by atomic mass is 15.2. The van der Waals surface area contributed by atoms with Crippen molar-refractivity contribution in [3.63, 3.8) is 0 Å². The molecule has 4 heteroatoms. The van der Waals surface area contributed by atoms with Crippen LogP contribution in [-0.4, -0.2) is 44.2 Å². The summed E-state index contributed by atoms with van der Waals surface area (Å²) in [6.07, 6.45) is 5.17. The van der Waals surface area contributed by atoms with Gasteiger partial charge in [-0.15, -0.1) is 0 Å². The van der Waals surface area contributed by atoms with E-state index in [1.165, 1.54) is 0 Å². The molecule has 0 unspecified atom stereocenters. The largest absolute Gasteiger partial charge is 0.390 e. The van der Waals surface area contributed by atoms with Crippen LogP contribution in [0, 0.1) is 0 Å². The van der Waals surface area contributed by atoms with Crippen molar-refractivity contribution in [2.45, 2.75) is 27.7 Å². The molecule has 0 heterocycles. The number of hydrogen-bond acceptors (Lipinski definition) is 4. The first-order valence-corrected chi connectivity index (χ1v) is 7.60. The van der Waals surface area contributed by atoms with Gasteiger partial charge < -0.3 is 16.0 Å². The van der Waals surface area contributed by atoms with Gasteiger partial charge in [-0.1, -0.05) is 47.4 Å². The summed E-state index contributed by atoms with van der Waals surface area (Å²) in [4.78, 5) is 2.36. The van der Waals surface area contributed by atoms with Gasteiger partial charge in [0.05, 0.1) is 0 Å². The molecule has 0 aliphatic rings. The fraction of sp³-hybridized carbons (Fsp3) is 0.625. The highest BCUT2D eigenvalue weighted by Gasteiger charge is 2.02. The van der Waals surface area contributed by atoms with Crippen LogP contribution in [0.2, 0.25) is 0 Å². The van der Waals surface area contributed by atoms with Crippen molar-refractivity contribution >= 4 is 0 Å². The average Bonchev–Trinajstić information content (AvgIpc) is 2.51. The summed E-state index contributed by atoms with van der Waals surface area (Å²) in [5, 5.41) is 9.30. The minimum absolute atomic E-state index is 0.922. The van der Waals surface area contributed by atoms with E-state index in [2.05, 4.69) is 40.6 Å². The van der Waals surface area contributed by atoms with Gasteiger partial charge in [-0.05, 0) is 18.6 Å². The molecular formula is C16H36N4. The monoisotopic (exact) mass is 284 g/mol. The molecule has 3 N–H and O–H groups in total. The van der Waals surface area contributed by atoms with Crippen LogP contribution < -0.4 is 16.0 Å². The minimum Gasteiger partial charge on any atom is -0.390 e. The lowest BCUT2D eigenvalue weighted by atomic mass is 10.4. The molecule has 20 heavy (non-hydrogen) atoms. The Morgan fingerprint density at radius 1 is 0.650 bits per heavy atom. The molecule has 0 rings (SSSR count). The van der Waals surface area contributed by atoms with E-state index < -0.39 is 0 Å². The second-order valence-electron chi connectivity index (χ2n) is 3.32. The normalized spacial score (nSPS) is 8.25. The van der Waals surface area contributed by atoms with Gasteiger partial charge in [-0.2, -0.15) is 0 Å². The van der Waals surface area contributed by atoms with Gasteiger partial charge in [0.2, 0.25) is 0 Å². The first-order chi connectivity index (χ1) is 9.85. The summed E-state index contributed by atoms with van der Waals surface area (Å²) in [5.74, 6) is 0. The van der Waals surface area contributed by atoms with Crippen molar-refractivity contribution in [3.8, 4) is 0 Å². The predicted octanol–water partition coefficient (Wildman–Crippen LogP) is 2.54. The predicted molar refractivity (Wildman–Crippen MR) is 93.7 cm³/mol. The van der Waals surface area contributed by atoms with Gasteiger partial charge in [-0.3, -0.25) is 4.90 Å². The smallest absolute Gasteiger partial charge is 0.0269 e. The Morgan fingerprint density at radius 3 is 1.10 bits per heavy atom. The first kappa shape index (κ1) is 23.7. The zero-order valence-electron chi connectivity index (χ0n) is 14.0. The highest BCUT2D eigenvalue weighted by molar-refractivity contribution is 4.71. The maximum absolute atomic E-state index is 3.63. The molecule has 0 saturated carbocycles. The van der Waals surface area contributed by atoms with Gasteiger partial charge in [0.1, 0.15) is 0 Å². The molecule has 0 spiro atoms. The minimum atomic E-state index is 0.922. The Labute approximate surface area is 127 Å². The van der Waals surface area contributed by atoms with Crippen molar-refractivity contribution in [3.05, 3.63) is 38.3 Å². The third-order valence-corrected chi connectivity index (χ3v) is 2.15. The van der Waals surface area contributed by atoms with Crippen molar-refractivity contribution in [1.82, 2.24) is 20.9 Å². The van der Waals surface area contributed by atoms with E-state index in [9.17, 15) is 0 Å². The van der Waals surface area contributed by atoms with Crippen LogP contribution >= 0.6 is 0 Å². The van der Waals surface area contributed by atoms with E-state index in [0.717, 1.165) is 39.3 Å². The van der Waals surface area contributed by atoms with E-state index >= 15 is 0 Å². The number of nitrogens with zero attached hydrogens (tertiary/aromatic N) is 1. The van der Waals surface area contributed by atoms with Crippen LogP contribution in [0.4, 0.5) is 0 Å². The third-order valence-electron chi connectivity index (χ3n) is 2.15. The summed E-state index contributed by atoms with van der Waals surface area (Å²) in [5.41, 5.74) is 0. The summed E-state index contributed by atoms with van der Waals surface area (Å²) >= 11 is 0. The van der Waals surface area contributed by atoms with Gasteiger partial charge in [-0.25, -0.2) is 0 Å². The number of nitrogens with one attached hydrogen (secondary N) is 3. The summed E-state index contributed by atoms with van der Waals surface area (Å²) in [7, 11) is 0. The van der Waals surface area contributed by atoms with E-state index in [0.29, 0.717) is 0 Å². The maximum Gasteiger partial charge on any atom is 0.0269 e. The Bertz CT molecular complexity index is 160. The van der Waals surface area contributed by atoms with Gasteiger partial charge in [0.25, 0.3) is 0 Å². The Kier molecular flexibility index (Phi) is 31.0. The van der Waals surface area contributed by atoms with Crippen LogP contribution in [0.1, 0.15) is 27.7 Å². The van der Waals surface area contributed by atoms with Gasteiger partial charge in [0.15, 0.2) is 0 Å². The molecule has 0 aliphatic heterocycles. The number of hydrogen-bond donors (Lipinski definition) is 3. The van der Waals surface area contributed by atoms with Crippen LogP contribution in [0.25, 0.3) is 0 Å². The summed E-state index contributed by atoms with van der Waals surface area (Å²) in [6, 6.07) is 0. The molecule has 0 aliphatic carbocycles. The molecule has 0 amide bonds. The average molecular weight is 284 g/mol. The molecule has 0 saturated heterocycles. The molecule has 120 valence electrons. The fourth-order valence-electron chi connectivity index (χ4n) is 1.31. The van der Waals surface area contributed by atoms with Crippen molar-refractivity contribution in [2.24, 2.45) is 0 Å². The Hall–Kier alpha value is -1.42.